The topological polar surface area (TPSA) is 15.3 Å². The van der Waals surface area contributed by atoms with Crippen LogP contribution in [0, 0.1) is 5.92 Å². The summed E-state index contributed by atoms with van der Waals surface area (Å²) in [6.45, 7) is 5.25. The highest BCUT2D eigenvalue weighted by molar-refractivity contribution is 5.23. The highest BCUT2D eigenvalue weighted by Crippen LogP contribution is 2.37. The molecule has 2 fully saturated rings. The van der Waals surface area contributed by atoms with E-state index in [0.29, 0.717) is 12.8 Å². The van der Waals surface area contributed by atoms with Gasteiger partial charge in [-0.1, -0.05) is 30.3 Å². The maximum atomic E-state index is 15.0. The van der Waals surface area contributed by atoms with Crippen LogP contribution < -0.4 is 5.32 Å². The third-order valence-corrected chi connectivity index (χ3v) is 4.91. The predicted octanol–water partition coefficient (Wildman–Crippen LogP) is 2.95. The number of piperidine rings is 2. The molecular weight excluding hydrogens is 251 g/mol. The van der Waals surface area contributed by atoms with Gasteiger partial charge in [0, 0.05) is 19.6 Å². The summed E-state index contributed by atoms with van der Waals surface area (Å²) in [5.74, 6) is 0.806. The molecule has 1 N–H and O–H groups in total. The Hall–Kier alpha value is -0.930. The third kappa shape index (κ3) is 3.21. The summed E-state index contributed by atoms with van der Waals surface area (Å²) in [5.41, 5.74) is -0.243. The Morgan fingerprint density at radius 3 is 2.40 bits per heavy atom. The molecule has 0 atom stereocenters. The number of nitrogens with zero attached hydrogens (tertiary/aromatic N) is 1. The maximum absolute atomic E-state index is 15.0. The Morgan fingerprint density at radius 1 is 1.10 bits per heavy atom. The minimum Gasteiger partial charge on any atom is -0.317 e. The first kappa shape index (κ1) is 14.0. The van der Waals surface area contributed by atoms with Crippen molar-refractivity contribution in [1.82, 2.24) is 10.2 Å². The number of alkyl halides is 1. The van der Waals surface area contributed by atoms with E-state index in [4.69, 9.17) is 0 Å². The first-order valence-electron chi connectivity index (χ1n) is 7.94. The van der Waals surface area contributed by atoms with Gasteiger partial charge in [-0.15, -0.1) is 0 Å². The molecule has 2 nitrogen and oxygen atoms in total. The van der Waals surface area contributed by atoms with Crippen LogP contribution in [0.3, 0.4) is 0 Å². The van der Waals surface area contributed by atoms with Gasteiger partial charge in [0.25, 0.3) is 0 Å². The summed E-state index contributed by atoms with van der Waals surface area (Å²) < 4.78 is 15.0. The lowest BCUT2D eigenvalue weighted by Crippen LogP contribution is -2.43. The molecule has 20 heavy (non-hydrogen) atoms. The Balaban J connectivity index is 1.53. The van der Waals surface area contributed by atoms with Crippen molar-refractivity contribution >= 4 is 0 Å². The summed E-state index contributed by atoms with van der Waals surface area (Å²) in [6, 6.07) is 9.71. The van der Waals surface area contributed by atoms with Crippen LogP contribution in [0.2, 0.25) is 0 Å². The third-order valence-electron chi connectivity index (χ3n) is 4.91. The Morgan fingerprint density at radius 2 is 1.75 bits per heavy atom. The number of hydrogen-bond donors (Lipinski definition) is 1. The van der Waals surface area contributed by atoms with E-state index in [1.54, 1.807) is 0 Å². The number of likely N-dealkylation sites (tertiary alicyclic amines) is 1. The zero-order valence-electron chi connectivity index (χ0n) is 12.2. The fourth-order valence-corrected chi connectivity index (χ4v) is 3.54. The van der Waals surface area contributed by atoms with E-state index < -0.39 is 5.67 Å². The normalized spacial score (nSPS) is 24.6. The first-order chi connectivity index (χ1) is 9.76. The van der Waals surface area contributed by atoms with Gasteiger partial charge in [-0.2, -0.15) is 0 Å². The van der Waals surface area contributed by atoms with E-state index in [9.17, 15) is 0 Å². The van der Waals surface area contributed by atoms with Crippen molar-refractivity contribution in [2.24, 2.45) is 5.92 Å². The molecule has 0 aliphatic carbocycles. The molecule has 1 aromatic carbocycles. The highest BCUT2D eigenvalue weighted by Gasteiger charge is 2.36. The fraction of sp³-hybridized carbons (Fsp3) is 0.647. The van der Waals surface area contributed by atoms with Crippen LogP contribution in [0.15, 0.2) is 30.3 Å². The summed E-state index contributed by atoms with van der Waals surface area (Å²) >= 11 is 0. The molecule has 2 aliphatic rings. The summed E-state index contributed by atoms with van der Waals surface area (Å²) in [7, 11) is 0. The molecule has 0 aromatic heterocycles. The van der Waals surface area contributed by atoms with Crippen LogP contribution in [0.25, 0.3) is 0 Å². The van der Waals surface area contributed by atoms with Crippen molar-refractivity contribution in [3.05, 3.63) is 35.9 Å². The van der Waals surface area contributed by atoms with E-state index in [0.717, 1.165) is 44.2 Å². The average Bonchev–Trinajstić information content (AvgIpc) is 2.52. The second kappa shape index (κ2) is 6.23. The van der Waals surface area contributed by atoms with E-state index in [1.165, 1.54) is 12.8 Å². The molecule has 3 heteroatoms. The number of nitrogens with one attached hydrogen (secondary N) is 1. The minimum atomic E-state index is -1.11. The second-order valence-corrected chi connectivity index (χ2v) is 6.33. The smallest absolute Gasteiger partial charge is 0.138 e. The lowest BCUT2D eigenvalue weighted by Gasteiger charge is -2.38. The highest BCUT2D eigenvalue weighted by atomic mass is 19.1. The van der Waals surface area contributed by atoms with Gasteiger partial charge in [-0.3, -0.25) is 0 Å². The Bertz CT molecular complexity index is 406. The lowest BCUT2D eigenvalue weighted by atomic mass is 9.85. The van der Waals surface area contributed by atoms with Gasteiger partial charge in [-0.05, 0) is 50.3 Å². The van der Waals surface area contributed by atoms with Crippen LogP contribution in [0.5, 0.6) is 0 Å². The molecule has 2 heterocycles. The molecule has 0 radical (unpaired) electrons. The molecule has 3 rings (SSSR count). The summed E-state index contributed by atoms with van der Waals surface area (Å²) in [4.78, 5) is 2.47. The SMILES string of the molecule is FC1(c2ccccc2)CCN(CC2CCNCC2)CC1. The van der Waals surface area contributed by atoms with Gasteiger partial charge in [0.05, 0.1) is 0 Å². The van der Waals surface area contributed by atoms with Crippen molar-refractivity contribution in [2.45, 2.75) is 31.4 Å². The van der Waals surface area contributed by atoms with E-state index >= 15 is 4.39 Å². The van der Waals surface area contributed by atoms with Crippen LogP contribution in [-0.2, 0) is 5.67 Å². The number of hydrogen-bond acceptors (Lipinski definition) is 2. The van der Waals surface area contributed by atoms with E-state index in [1.807, 2.05) is 30.3 Å². The van der Waals surface area contributed by atoms with Crippen molar-refractivity contribution in [3.63, 3.8) is 0 Å². The molecule has 0 bridgehead atoms. The van der Waals surface area contributed by atoms with Crippen molar-refractivity contribution in [3.8, 4) is 0 Å². The molecular formula is C17H25FN2. The van der Waals surface area contributed by atoms with Crippen molar-refractivity contribution in [1.29, 1.82) is 0 Å². The zero-order chi connectivity index (χ0) is 13.8. The van der Waals surface area contributed by atoms with Crippen LogP contribution in [-0.4, -0.2) is 37.6 Å². The average molecular weight is 276 g/mol. The largest absolute Gasteiger partial charge is 0.317 e. The summed E-state index contributed by atoms with van der Waals surface area (Å²) in [5, 5.41) is 3.41. The van der Waals surface area contributed by atoms with Gasteiger partial charge < -0.3 is 10.2 Å². The second-order valence-electron chi connectivity index (χ2n) is 6.33. The first-order valence-corrected chi connectivity index (χ1v) is 7.94. The van der Waals surface area contributed by atoms with Gasteiger partial charge in [0.2, 0.25) is 0 Å². The van der Waals surface area contributed by atoms with Crippen LogP contribution >= 0.6 is 0 Å². The Labute approximate surface area is 121 Å². The molecule has 0 unspecified atom stereocenters. The maximum Gasteiger partial charge on any atom is 0.138 e. The molecule has 2 saturated heterocycles. The van der Waals surface area contributed by atoms with Gasteiger partial charge in [-0.25, -0.2) is 4.39 Å². The zero-order valence-corrected chi connectivity index (χ0v) is 12.2. The molecule has 2 aliphatic heterocycles. The molecule has 1 aromatic rings. The standard InChI is InChI=1S/C17H25FN2/c18-17(16-4-2-1-3-5-16)8-12-20(13-9-17)14-15-6-10-19-11-7-15/h1-5,15,19H,6-14H2. The van der Waals surface area contributed by atoms with E-state index in [-0.39, 0.29) is 0 Å². The predicted molar refractivity (Wildman–Crippen MR) is 80.5 cm³/mol. The number of halogens is 1. The molecule has 0 saturated carbocycles. The molecule has 110 valence electrons. The van der Waals surface area contributed by atoms with Crippen molar-refractivity contribution < 1.29 is 4.39 Å². The quantitative estimate of drug-likeness (QED) is 0.913. The summed E-state index contributed by atoms with van der Waals surface area (Å²) in [6.07, 6.45) is 3.83. The van der Waals surface area contributed by atoms with Gasteiger partial charge in [0.15, 0.2) is 0 Å². The van der Waals surface area contributed by atoms with Crippen LogP contribution in [0.1, 0.15) is 31.2 Å². The number of rotatable bonds is 3. The molecule has 0 spiro atoms. The Kier molecular flexibility index (Phi) is 4.37. The number of benzene rings is 1. The minimum absolute atomic E-state index is 0.641. The van der Waals surface area contributed by atoms with Gasteiger partial charge in [0.1, 0.15) is 5.67 Å². The molecule has 0 amide bonds. The van der Waals surface area contributed by atoms with Crippen molar-refractivity contribution in [2.75, 3.05) is 32.7 Å². The van der Waals surface area contributed by atoms with E-state index in [2.05, 4.69) is 10.2 Å². The van der Waals surface area contributed by atoms with Crippen LogP contribution in [0.4, 0.5) is 4.39 Å². The van der Waals surface area contributed by atoms with Gasteiger partial charge >= 0.3 is 0 Å². The monoisotopic (exact) mass is 276 g/mol. The fourth-order valence-electron chi connectivity index (χ4n) is 3.54. The lowest BCUT2D eigenvalue weighted by molar-refractivity contribution is 0.0465.